The Morgan fingerprint density at radius 3 is 2.53 bits per heavy atom. The zero-order valence-corrected chi connectivity index (χ0v) is 21.2. The molecule has 1 saturated heterocycles. The molecule has 5 atom stereocenters. The van der Waals surface area contributed by atoms with Crippen molar-refractivity contribution in [3.63, 3.8) is 0 Å². The molecule has 10 heteroatoms. The number of carbonyl (C=O) groups excluding carboxylic acids is 4. The number of aromatic nitrogens is 2. The van der Waals surface area contributed by atoms with Crippen LogP contribution in [0.1, 0.15) is 75.7 Å². The summed E-state index contributed by atoms with van der Waals surface area (Å²) in [4.78, 5) is 62.0. The van der Waals surface area contributed by atoms with E-state index in [1.807, 2.05) is 0 Å². The van der Waals surface area contributed by atoms with Gasteiger partial charge in [-0.05, 0) is 57.3 Å². The molecule has 2 N–H and O–H groups in total. The van der Waals surface area contributed by atoms with Crippen LogP contribution in [0.15, 0.2) is 18.6 Å². The van der Waals surface area contributed by atoms with Crippen molar-refractivity contribution in [1.29, 1.82) is 0 Å². The molecular weight excluding hydrogens is 462 g/mol. The van der Waals surface area contributed by atoms with E-state index in [2.05, 4.69) is 20.6 Å². The Hall–Kier alpha value is -3.04. The summed E-state index contributed by atoms with van der Waals surface area (Å²) in [6.07, 6.45) is 11.9. The van der Waals surface area contributed by atoms with Crippen LogP contribution in [0.3, 0.4) is 0 Å². The van der Waals surface area contributed by atoms with Gasteiger partial charge in [-0.3, -0.25) is 19.4 Å². The largest absolute Gasteiger partial charge is 0.464 e. The summed E-state index contributed by atoms with van der Waals surface area (Å²) in [7, 11) is 0. The van der Waals surface area contributed by atoms with Crippen LogP contribution in [0, 0.1) is 17.8 Å². The highest BCUT2D eigenvalue weighted by Crippen LogP contribution is 2.42. The first-order valence-corrected chi connectivity index (χ1v) is 13.2. The molecule has 3 amide bonds. The van der Waals surface area contributed by atoms with Gasteiger partial charge in [0.2, 0.25) is 11.8 Å². The molecule has 2 saturated carbocycles. The molecule has 3 aliphatic rings. The monoisotopic (exact) mass is 499 g/mol. The minimum Gasteiger partial charge on any atom is -0.464 e. The molecule has 1 aromatic rings. The van der Waals surface area contributed by atoms with E-state index in [0.717, 1.165) is 51.4 Å². The number of carbonyl (C=O) groups is 4. The van der Waals surface area contributed by atoms with Gasteiger partial charge in [-0.25, -0.2) is 9.78 Å². The molecule has 3 fully saturated rings. The van der Waals surface area contributed by atoms with Crippen LogP contribution < -0.4 is 10.6 Å². The van der Waals surface area contributed by atoms with Crippen LogP contribution in [0.4, 0.5) is 0 Å². The minimum atomic E-state index is -0.840. The molecule has 4 rings (SSSR count). The number of hydrogen-bond acceptors (Lipinski definition) is 7. The normalized spacial score (nSPS) is 25.5. The fourth-order valence-electron chi connectivity index (χ4n) is 6.17. The molecule has 0 radical (unpaired) electrons. The van der Waals surface area contributed by atoms with Gasteiger partial charge in [0.25, 0.3) is 5.91 Å². The van der Waals surface area contributed by atoms with Gasteiger partial charge in [0, 0.05) is 18.9 Å². The molecule has 2 aliphatic carbocycles. The summed E-state index contributed by atoms with van der Waals surface area (Å²) in [5.74, 6) is -1.16. The second-order valence-corrected chi connectivity index (χ2v) is 10.2. The second-order valence-electron chi connectivity index (χ2n) is 10.2. The number of nitrogens with one attached hydrogen (secondary N) is 2. The van der Waals surface area contributed by atoms with Gasteiger partial charge in [0.05, 0.1) is 12.8 Å². The molecule has 0 spiro atoms. The average molecular weight is 500 g/mol. The van der Waals surface area contributed by atoms with Crippen LogP contribution in [0.2, 0.25) is 0 Å². The Kier molecular flexibility index (Phi) is 8.53. The van der Waals surface area contributed by atoms with Gasteiger partial charge >= 0.3 is 5.97 Å². The van der Waals surface area contributed by atoms with Crippen molar-refractivity contribution in [3.8, 4) is 0 Å². The summed E-state index contributed by atoms with van der Waals surface area (Å²) in [6, 6.07) is -2.23. The van der Waals surface area contributed by atoms with E-state index in [4.69, 9.17) is 4.74 Å². The molecular formula is C26H37N5O5. The van der Waals surface area contributed by atoms with Crippen molar-refractivity contribution in [2.75, 3.05) is 13.2 Å². The van der Waals surface area contributed by atoms with E-state index in [9.17, 15) is 19.2 Å². The fourth-order valence-corrected chi connectivity index (χ4v) is 6.17. The van der Waals surface area contributed by atoms with Gasteiger partial charge in [0.15, 0.2) is 0 Å². The lowest BCUT2D eigenvalue weighted by Crippen LogP contribution is -2.57. The lowest BCUT2D eigenvalue weighted by atomic mass is 9.83. The minimum absolute atomic E-state index is 0.0277. The third-order valence-electron chi connectivity index (χ3n) is 7.92. The average Bonchev–Trinajstić information content (AvgIpc) is 3.49. The number of esters is 1. The number of amides is 3. The van der Waals surface area contributed by atoms with Crippen molar-refractivity contribution < 1.29 is 23.9 Å². The number of hydrogen-bond donors (Lipinski definition) is 2. The number of nitrogens with zero attached hydrogens (tertiary/aromatic N) is 3. The predicted octanol–water partition coefficient (Wildman–Crippen LogP) is 1.85. The summed E-state index contributed by atoms with van der Waals surface area (Å²) in [5, 5.41) is 5.68. The van der Waals surface area contributed by atoms with Crippen LogP contribution in [0.25, 0.3) is 0 Å². The molecule has 0 unspecified atom stereocenters. The molecule has 10 nitrogen and oxygen atoms in total. The number of ether oxygens (including phenoxy) is 1. The highest BCUT2D eigenvalue weighted by molar-refractivity contribution is 5.97. The highest BCUT2D eigenvalue weighted by atomic mass is 16.5. The summed E-state index contributed by atoms with van der Waals surface area (Å²) < 4.78 is 5.30. The fraction of sp³-hybridized carbons (Fsp3) is 0.692. The number of fused-ring (bicyclic) bond motifs is 1. The van der Waals surface area contributed by atoms with Gasteiger partial charge in [-0.15, -0.1) is 0 Å². The molecule has 2 heterocycles. The van der Waals surface area contributed by atoms with Crippen molar-refractivity contribution in [1.82, 2.24) is 25.5 Å². The number of likely N-dealkylation sites (tertiary alicyclic amines) is 1. The van der Waals surface area contributed by atoms with E-state index >= 15 is 0 Å². The zero-order chi connectivity index (χ0) is 25.7. The van der Waals surface area contributed by atoms with E-state index in [1.165, 1.54) is 18.6 Å². The maximum Gasteiger partial charge on any atom is 0.329 e. The SMILES string of the molecule is CCOC(=O)[C@@H]1[C@H]2CCC[C@H]2CN1C(=O)[C@H](C)NC(=O)[C@@H](NC(=O)c1cnccn1)C1CCCCC1. The lowest BCUT2D eigenvalue weighted by Gasteiger charge is -2.32. The van der Waals surface area contributed by atoms with E-state index in [0.29, 0.717) is 6.54 Å². The van der Waals surface area contributed by atoms with E-state index < -0.39 is 29.9 Å². The van der Waals surface area contributed by atoms with Crippen molar-refractivity contribution in [2.24, 2.45) is 17.8 Å². The third kappa shape index (κ3) is 5.68. The molecule has 1 aromatic heterocycles. The zero-order valence-electron chi connectivity index (χ0n) is 21.2. The van der Waals surface area contributed by atoms with Crippen molar-refractivity contribution >= 4 is 23.7 Å². The first kappa shape index (κ1) is 26.0. The Morgan fingerprint density at radius 2 is 1.83 bits per heavy atom. The topological polar surface area (TPSA) is 131 Å². The third-order valence-corrected chi connectivity index (χ3v) is 7.92. The Bertz CT molecular complexity index is 951. The Morgan fingerprint density at radius 1 is 1.06 bits per heavy atom. The summed E-state index contributed by atoms with van der Waals surface area (Å²) in [6.45, 7) is 4.16. The number of rotatable bonds is 8. The van der Waals surface area contributed by atoms with Gasteiger partial charge < -0.3 is 20.3 Å². The molecule has 0 bridgehead atoms. The first-order chi connectivity index (χ1) is 17.4. The summed E-state index contributed by atoms with van der Waals surface area (Å²) >= 11 is 0. The molecule has 196 valence electrons. The molecule has 0 aromatic carbocycles. The first-order valence-electron chi connectivity index (χ1n) is 13.2. The Labute approximate surface area is 212 Å². The predicted molar refractivity (Wildman–Crippen MR) is 130 cm³/mol. The standard InChI is InChI=1S/C26H37N5O5/c1-3-36-26(35)22-19-11-7-10-18(19)15-31(22)25(34)16(2)29-24(33)21(17-8-5-4-6-9-17)30-23(32)20-14-27-12-13-28-20/h12-14,16-19,21-22H,3-11,15H2,1-2H3,(H,29,33)(H,30,32)/t16-,18-,19-,21-,22-/m0/s1. The maximum absolute atomic E-state index is 13.5. The van der Waals surface area contributed by atoms with Crippen LogP contribution in [-0.2, 0) is 19.1 Å². The molecule has 36 heavy (non-hydrogen) atoms. The highest BCUT2D eigenvalue weighted by Gasteiger charge is 2.51. The van der Waals surface area contributed by atoms with Crippen molar-refractivity contribution in [3.05, 3.63) is 24.3 Å². The van der Waals surface area contributed by atoms with E-state index in [-0.39, 0.29) is 41.9 Å². The Balaban J connectivity index is 1.46. The summed E-state index contributed by atoms with van der Waals surface area (Å²) in [5.41, 5.74) is 0.135. The second kappa shape index (κ2) is 11.8. The van der Waals surface area contributed by atoms with Crippen LogP contribution in [-0.4, -0.2) is 69.8 Å². The maximum atomic E-state index is 13.5. The quantitative estimate of drug-likeness (QED) is 0.522. The van der Waals surface area contributed by atoms with Crippen LogP contribution >= 0.6 is 0 Å². The van der Waals surface area contributed by atoms with Crippen LogP contribution in [0.5, 0.6) is 0 Å². The smallest absolute Gasteiger partial charge is 0.329 e. The van der Waals surface area contributed by atoms with E-state index in [1.54, 1.807) is 18.7 Å². The van der Waals surface area contributed by atoms with Crippen molar-refractivity contribution in [2.45, 2.75) is 83.3 Å². The lowest BCUT2D eigenvalue weighted by molar-refractivity contribution is -0.155. The van der Waals surface area contributed by atoms with Gasteiger partial charge in [-0.2, -0.15) is 0 Å². The van der Waals surface area contributed by atoms with Gasteiger partial charge in [-0.1, -0.05) is 25.7 Å². The van der Waals surface area contributed by atoms with Gasteiger partial charge in [0.1, 0.15) is 23.8 Å². The molecule has 1 aliphatic heterocycles.